The Morgan fingerprint density at radius 1 is 1.20 bits per heavy atom. The number of anilines is 1. The lowest BCUT2D eigenvalue weighted by atomic mass is 9.93. The van der Waals surface area contributed by atoms with Gasteiger partial charge in [0.2, 0.25) is 11.8 Å². The van der Waals surface area contributed by atoms with Gasteiger partial charge in [-0.2, -0.15) is 0 Å². The summed E-state index contributed by atoms with van der Waals surface area (Å²) in [5.74, 6) is 1.05. The number of para-hydroxylation sites is 1. The van der Waals surface area contributed by atoms with Gasteiger partial charge in [0, 0.05) is 38.2 Å². The molecule has 5 nitrogen and oxygen atoms in total. The third-order valence-electron chi connectivity index (χ3n) is 5.51. The van der Waals surface area contributed by atoms with E-state index in [9.17, 15) is 9.59 Å². The molecule has 2 heterocycles. The van der Waals surface area contributed by atoms with Crippen LogP contribution in [0.1, 0.15) is 37.7 Å². The van der Waals surface area contributed by atoms with Gasteiger partial charge in [-0.25, -0.2) is 0 Å². The van der Waals surface area contributed by atoms with Crippen LogP contribution >= 0.6 is 0 Å². The molecule has 0 bridgehead atoms. The van der Waals surface area contributed by atoms with Crippen LogP contribution in [0.3, 0.4) is 0 Å². The number of aryl methyl sites for hydroxylation is 1. The Hall–Kier alpha value is -1.88. The SMILES string of the molecule is CNCCC1CCN(C(=O)CCN2C(=O)CCc3ccccc32)CC1. The predicted octanol–water partition coefficient (Wildman–Crippen LogP) is 2.20. The second-order valence-corrected chi connectivity index (χ2v) is 7.14. The largest absolute Gasteiger partial charge is 0.343 e. The van der Waals surface area contributed by atoms with Crippen LogP contribution < -0.4 is 10.2 Å². The summed E-state index contributed by atoms with van der Waals surface area (Å²) in [7, 11) is 1.98. The lowest BCUT2D eigenvalue weighted by Gasteiger charge is -2.33. The summed E-state index contributed by atoms with van der Waals surface area (Å²) in [6, 6.07) is 8.04. The Bertz CT molecular complexity index is 609. The summed E-state index contributed by atoms with van der Waals surface area (Å²) in [5.41, 5.74) is 2.19. The third kappa shape index (κ3) is 4.40. The van der Waals surface area contributed by atoms with Gasteiger partial charge in [-0.05, 0) is 56.8 Å². The lowest BCUT2D eigenvalue weighted by molar-refractivity contribution is -0.132. The van der Waals surface area contributed by atoms with Gasteiger partial charge in [0.25, 0.3) is 0 Å². The zero-order valence-electron chi connectivity index (χ0n) is 15.2. The first-order valence-corrected chi connectivity index (χ1v) is 9.49. The van der Waals surface area contributed by atoms with E-state index in [2.05, 4.69) is 11.4 Å². The number of benzene rings is 1. The van der Waals surface area contributed by atoms with Crippen molar-refractivity contribution in [1.29, 1.82) is 0 Å². The first kappa shape index (κ1) is 17.9. The van der Waals surface area contributed by atoms with Crippen LogP contribution in [0.15, 0.2) is 24.3 Å². The second kappa shape index (κ2) is 8.48. The fourth-order valence-corrected chi connectivity index (χ4v) is 3.93. The van der Waals surface area contributed by atoms with Crippen molar-refractivity contribution in [2.24, 2.45) is 5.92 Å². The maximum absolute atomic E-state index is 12.6. The number of hydrogen-bond acceptors (Lipinski definition) is 3. The van der Waals surface area contributed by atoms with E-state index >= 15 is 0 Å². The van der Waals surface area contributed by atoms with Gasteiger partial charge in [-0.15, -0.1) is 0 Å². The lowest BCUT2D eigenvalue weighted by Crippen LogP contribution is -2.42. The van der Waals surface area contributed by atoms with Crippen molar-refractivity contribution < 1.29 is 9.59 Å². The van der Waals surface area contributed by atoms with Gasteiger partial charge in [-0.3, -0.25) is 9.59 Å². The molecule has 2 amide bonds. The van der Waals surface area contributed by atoms with Crippen molar-refractivity contribution in [3.8, 4) is 0 Å². The van der Waals surface area contributed by atoms with Crippen molar-refractivity contribution in [2.75, 3.05) is 38.1 Å². The molecule has 0 unspecified atom stereocenters. The normalized spacial score (nSPS) is 18.4. The van der Waals surface area contributed by atoms with E-state index in [0.29, 0.717) is 19.4 Å². The minimum atomic E-state index is 0.136. The molecule has 0 saturated carbocycles. The van der Waals surface area contributed by atoms with Crippen LogP contribution in [0.4, 0.5) is 5.69 Å². The number of fused-ring (bicyclic) bond motifs is 1. The summed E-state index contributed by atoms with van der Waals surface area (Å²) in [5, 5.41) is 3.20. The molecule has 2 aliphatic rings. The Balaban J connectivity index is 1.51. The van der Waals surface area contributed by atoms with E-state index in [0.717, 1.165) is 50.5 Å². The number of nitrogens with one attached hydrogen (secondary N) is 1. The monoisotopic (exact) mass is 343 g/mol. The molecule has 2 aliphatic heterocycles. The number of amides is 2. The Labute approximate surface area is 150 Å². The molecule has 3 rings (SSSR count). The average Bonchev–Trinajstić information content (AvgIpc) is 2.65. The first-order valence-electron chi connectivity index (χ1n) is 9.49. The van der Waals surface area contributed by atoms with Crippen molar-refractivity contribution in [3.05, 3.63) is 29.8 Å². The highest BCUT2D eigenvalue weighted by Crippen LogP contribution is 2.28. The van der Waals surface area contributed by atoms with Gasteiger partial charge in [0.15, 0.2) is 0 Å². The zero-order chi connectivity index (χ0) is 17.6. The fraction of sp³-hybridized carbons (Fsp3) is 0.600. The highest BCUT2D eigenvalue weighted by Gasteiger charge is 2.26. The highest BCUT2D eigenvalue weighted by atomic mass is 16.2. The molecule has 1 aromatic rings. The summed E-state index contributed by atoms with van der Waals surface area (Å²) in [6.45, 7) is 3.26. The van der Waals surface area contributed by atoms with Crippen LogP contribution in [0, 0.1) is 5.92 Å². The molecule has 0 aromatic heterocycles. The van der Waals surface area contributed by atoms with Gasteiger partial charge in [0.1, 0.15) is 0 Å². The van der Waals surface area contributed by atoms with E-state index < -0.39 is 0 Å². The number of hydrogen-bond donors (Lipinski definition) is 1. The minimum Gasteiger partial charge on any atom is -0.343 e. The van der Waals surface area contributed by atoms with Crippen LogP contribution in [0.2, 0.25) is 0 Å². The third-order valence-corrected chi connectivity index (χ3v) is 5.51. The Morgan fingerprint density at radius 3 is 2.72 bits per heavy atom. The summed E-state index contributed by atoms with van der Waals surface area (Å²) in [6.07, 6.45) is 5.15. The van der Waals surface area contributed by atoms with E-state index in [-0.39, 0.29) is 11.8 Å². The topological polar surface area (TPSA) is 52.7 Å². The minimum absolute atomic E-state index is 0.136. The van der Waals surface area contributed by atoms with Crippen LogP contribution in [-0.2, 0) is 16.0 Å². The average molecular weight is 343 g/mol. The molecule has 25 heavy (non-hydrogen) atoms. The summed E-state index contributed by atoms with van der Waals surface area (Å²) in [4.78, 5) is 28.6. The molecular weight excluding hydrogens is 314 g/mol. The number of carbonyl (C=O) groups is 2. The van der Waals surface area contributed by atoms with Gasteiger partial charge in [0.05, 0.1) is 0 Å². The summed E-state index contributed by atoms with van der Waals surface area (Å²) < 4.78 is 0. The van der Waals surface area contributed by atoms with Gasteiger partial charge >= 0.3 is 0 Å². The van der Waals surface area contributed by atoms with Crippen LogP contribution in [0.5, 0.6) is 0 Å². The Kier molecular flexibility index (Phi) is 6.08. The number of likely N-dealkylation sites (tertiary alicyclic amines) is 1. The molecular formula is C20H29N3O2. The van der Waals surface area contributed by atoms with Crippen molar-refractivity contribution in [2.45, 2.75) is 38.5 Å². The molecule has 0 spiro atoms. The maximum Gasteiger partial charge on any atom is 0.227 e. The molecule has 1 N–H and O–H groups in total. The Morgan fingerprint density at radius 2 is 1.96 bits per heavy atom. The molecule has 1 fully saturated rings. The summed E-state index contributed by atoms with van der Waals surface area (Å²) >= 11 is 0. The van der Waals surface area contributed by atoms with E-state index in [1.807, 2.05) is 30.1 Å². The van der Waals surface area contributed by atoms with Crippen molar-refractivity contribution in [3.63, 3.8) is 0 Å². The quantitative estimate of drug-likeness (QED) is 0.861. The highest BCUT2D eigenvalue weighted by molar-refractivity contribution is 5.97. The van der Waals surface area contributed by atoms with Crippen molar-refractivity contribution in [1.82, 2.24) is 10.2 Å². The molecule has 1 saturated heterocycles. The molecule has 1 aromatic carbocycles. The smallest absolute Gasteiger partial charge is 0.227 e. The van der Waals surface area contributed by atoms with E-state index in [4.69, 9.17) is 0 Å². The standard InChI is InChI=1S/C20H29N3O2/c1-21-12-8-16-9-13-22(14-10-16)19(24)11-15-23-18-5-3-2-4-17(18)6-7-20(23)25/h2-5,16,21H,6-15H2,1H3. The van der Waals surface area contributed by atoms with E-state index in [1.54, 1.807) is 4.90 Å². The number of carbonyl (C=O) groups excluding carboxylic acids is 2. The van der Waals surface area contributed by atoms with Crippen LogP contribution in [-0.4, -0.2) is 49.9 Å². The first-order chi connectivity index (χ1) is 12.2. The fourth-order valence-electron chi connectivity index (χ4n) is 3.93. The zero-order valence-corrected chi connectivity index (χ0v) is 15.2. The predicted molar refractivity (Wildman–Crippen MR) is 99.6 cm³/mol. The van der Waals surface area contributed by atoms with Gasteiger partial charge in [-0.1, -0.05) is 18.2 Å². The van der Waals surface area contributed by atoms with E-state index in [1.165, 1.54) is 12.0 Å². The molecule has 0 aliphatic carbocycles. The molecule has 136 valence electrons. The molecule has 0 atom stereocenters. The second-order valence-electron chi connectivity index (χ2n) is 7.14. The van der Waals surface area contributed by atoms with Gasteiger partial charge < -0.3 is 15.1 Å². The number of nitrogens with zero attached hydrogens (tertiary/aromatic N) is 2. The van der Waals surface area contributed by atoms with Crippen LogP contribution in [0.25, 0.3) is 0 Å². The molecule has 5 heteroatoms. The molecule has 0 radical (unpaired) electrons. The number of piperidine rings is 1. The number of rotatable bonds is 6. The maximum atomic E-state index is 12.6. The van der Waals surface area contributed by atoms with Crippen molar-refractivity contribution >= 4 is 17.5 Å².